The third-order valence-corrected chi connectivity index (χ3v) is 4.38. The summed E-state index contributed by atoms with van der Waals surface area (Å²) in [5.41, 5.74) is 0.474. The number of aromatic nitrogens is 2. The van der Waals surface area contributed by atoms with Gasteiger partial charge in [-0.15, -0.1) is 0 Å². The van der Waals surface area contributed by atoms with E-state index in [-0.39, 0.29) is 17.9 Å². The fourth-order valence-electron chi connectivity index (χ4n) is 2.05. The number of anilines is 1. The number of aliphatic hydroxyl groups excluding tert-OH is 1. The minimum atomic E-state index is -2.72. The molecular formula is C14H17F2N3OS. The van der Waals surface area contributed by atoms with Crippen LogP contribution in [0.15, 0.2) is 24.3 Å². The molecular weight excluding hydrogens is 296 g/mol. The molecule has 0 aliphatic heterocycles. The molecule has 2 N–H and O–H groups in total. The van der Waals surface area contributed by atoms with Crippen LogP contribution >= 0.6 is 11.8 Å². The predicted octanol–water partition coefficient (Wildman–Crippen LogP) is 3.09. The van der Waals surface area contributed by atoms with E-state index in [1.807, 2.05) is 19.2 Å². The molecule has 0 saturated carbocycles. The Hall–Kier alpha value is -1.47. The lowest BCUT2D eigenvalue weighted by Gasteiger charge is -2.22. The van der Waals surface area contributed by atoms with Gasteiger partial charge in [-0.25, -0.2) is 18.7 Å². The van der Waals surface area contributed by atoms with Crippen molar-refractivity contribution in [1.29, 1.82) is 0 Å². The topological polar surface area (TPSA) is 58.0 Å². The van der Waals surface area contributed by atoms with E-state index in [0.29, 0.717) is 16.7 Å². The highest BCUT2D eigenvalue weighted by molar-refractivity contribution is 7.99. The van der Waals surface area contributed by atoms with E-state index in [4.69, 9.17) is 0 Å². The van der Waals surface area contributed by atoms with Gasteiger partial charge in [0.1, 0.15) is 5.82 Å². The maximum atomic E-state index is 12.9. The van der Waals surface area contributed by atoms with Crippen molar-refractivity contribution in [2.75, 3.05) is 18.2 Å². The molecule has 2 atom stereocenters. The smallest absolute Gasteiger partial charge is 0.297 e. The van der Waals surface area contributed by atoms with Gasteiger partial charge < -0.3 is 10.4 Å². The van der Waals surface area contributed by atoms with E-state index in [2.05, 4.69) is 15.3 Å². The third kappa shape index (κ3) is 3.59. The molecule has 0 fully saturated rings. The molecule has 0 bridgehead atoms. The molecule has 2 aromatic rings. The summed E-state index contributed by atoms with van der Waals surface area (Å²) in [6.07, 6.45) is -0.832. The van der Waals surface area contributed by atoms with Crippen LogP contribution in [0.2, 0.25) is 0 Å². The summed E-state index contributed by atoms with van der Waals surface area (Å²) in [7, 11) is 0. The summed E-state index contributed by atoms with van der Waals surface area (Å²) in [6, 6.07) is 6.90. The van der Waals surface area contributed by atoms with E-state index in [1.165, 1.54) is 11.8 Å². The van der Waals surface area contributed by atoms with Gasteiger partial charge in [-0.3, -0.25) is 0 Å². The molecule has 0 spiro atoms. The first-order valence-corrected chi connectivity index (χ1v) is 7.80. The molecule has 1 aromatic heterocycles. The molecule has 0 aliphatic carbocycles. The lowest BCUT2D eigenvalue weighted by molar-refractivity contribution is 0.141. The zero-order valence-electron chi connectivity index (χ0n) is 11.8. The number of benzene rings is 1. The zero-order valence-corrected chi connectivity index (χ0v) is 12.6. The van der Waals surface area contributed by atoms with Gasteiger partial charge in [0.05, 0.1) is 12.1 Å². The molecule has 4 nitrogen and oxygen atoms in total. The summed E-state index contributed by atoms with van der Waals surface area (Å²) in [5, 5.41) is 13.1. The van der Waals surface area contributed by atoms with Crippen molar-refractivity contribution in [2.45, 2.75) is 24.6 Å². The monoisotopic (exact) mass is 313 g/mol. The molecule has 21 heavy (non-hydrogen) atoms. The Labute approximate surface area is 126 Å². The fraction of sp³-hybridized carbons (Fsp3) is 0.429. The Bertz CT molecular complexity index is 608. The highest BCUT2D eigenvalue weighted by atomic mass is 32.2. The zero-order chi connectivity index (χ0) is 15.4. The number of thioether (sulfide) groups is 1. The van der Waals surface area contributed by atoms with Crippen LogP contribution in [0.1, 0.15) is 19.2 Å². The van der Waals surface area contributed by atoms with Gasteiger partial charge in [0.25, 0.3) is 6.43 Å². The number of aliphatic hydroxyl groups is 1. The highest BCUT2D eigenvalue weighted by Gasteiger charge is 2.19. The number of nitrogens with zero attached hydrogens (tertiary/aromatic N) is 2. The third-order valence-electron chi connectivity index (χ3n) is 3.22. The van der Waals surface area contributed by atoms with E-state index >= 15 is 0 Å². The second kappa shape index (κ2) is 7.00. The number of fused-ring (bicyclic) bond motifs is 1. The van der Waals surface area contributed by atoms with Gasteiger partial charge in [0, 0.05) is 16.7 Å². The number of hydrogen-bond acceptors (Lipinski definition) is 5. The van der Waals surface area contributed by atoms with Crippen molar-refractivity contribution >= 4 is 28.5 Å². The second-order valence-electron chi connectivity index (χ2n) is 4.64. The minimum absolute atomic E-state index is 0.0000534. The second-order valence-corrected chi connectivity index (χ2v) is 5.71. The number of alkyl halides is 2. The number of hydrogen-bond donors (Lipinski definition) is 2. The van der Waals surface area contributed by atoms with Crippen molar-refractivity contribution in [3.8, 4) is 0 Å². The molecule has 1 aromatic carbocycles. The van der Waals surface area contributed by atoms with Crippen LogP contribution in [0, 0.1) is 0 Å². The molecule has 0 unspecified atom stereocenters. The van der Waals surface area contributed by atoms with Crippen molar-refractivity contribution in [2.24, 2.45) is 0 Å². The minimum Gasteiger partial charge on any atom is -0.395 e. The van der Waals surface area contributed by atoms with Gasteiger partial charge in [0.15, 0.2) is 5.82 Å². The van der Waals surface area contributed by atoms with Crippen LogP contribution < -0.4 is 5.32 Å². The van der Waals surface area contributed by atoms with Crippen molar-refractivity contribution in [1.82, 2.24) is 9.97 Å². The maximum Gasteiger partial charge on any atom is 0.297 e. The molecule has 0 aliphatic rings. The Kier molecular flexibility index (Phi) is 5.30. The van der Waals surface area contributed by atoms with Crippen LogP contribution in [0.5, 0.6) is 0 Å². The van der Waals surface area contributed by atoms with Crippen LogP contribution in [0.4, 0.5) is 14.6 Å². The fourth-order valence-corrected chi connectivity index (χ4v) is 2.67. The van der Waals surface area contributed by atoms with Gasteiger partial charge >= 0.3 is 0 Å². The number of para-hydroxylation sites is 1. The Balaban J connectivity index is 2.41. The number of halogens is 2. The summed E-state index contributed by atoms with van der Waals surface area (Å²) in [4.78, 5) is 7.80. The predicted molar refractivity (Wildman–Crippen MR) is 82.0 cm³/mol. The van der Waals surface area contributed by atoms with Crippen molar-refractivity contribution < 1.29 is 13.9 Å². The normalized spacial score (nSPS) is 14.4. The van der Waals surface area contributed by atoms with E-state index < -0.39 is 12.2 Å². The standard InChI is InChI=1S/C14H17F2N3OS/c1-8(11(7-20)21-2)17-13-9-5-3-4-6-10(9)18-14(19-13)12(15)16/h3-6,8,11-12,20H,7H2,1-2H3,(H,17,18,19)/t8-,11-/m1/s1. The summed E-state index contributed by atoms with van der Waals surface area (Å²) in [5.74, 6) is -0.121. The molecule has 0 radical (unpaired) electrons. The molecule has 0 amide bonds. The molecule has 114 valence electrons. The molecule has 0 saturated heterocycles. The Morgan fingerprint density at radius 3 is 2.62 bits per heavy atom. The number of rotatable bonds is 6. The maximum absolute atomic E-state index is 12.9. The first kappa shape index (κ1) is 15.9. The Morgan fingerprint density at radius 2 is 2.00 bits per heavy atom. The molecule has 2 rings (SSSR count). The van der Waals surface area contributed by atoms with Crippen molar-refractivity contribution in [3.63, 3.8) is 0 Å². The van der Waals surface area contributed by atoms with Gasteiger partial charge in [0.2, 0.25) is 0 Å². The van der Waals surface area contributed by atoms with Crippen LogP contribution in [0.25, 0.3) is 10.9 Å². The lowest BCUT2D eigenvalue weighted by Crippen LogP contribution is -2.31. The summed E-state index contributed by atoms with van der Waals surface area (Å²) >= 11 is 1.51. The average molecular weight is 313 g/mol. The Morgan fingerprint density at radius 1 is 1.29 bits per heavy atom. The summed E-state index contributed by atoms with van der Waals surface area (Å²) < 4.78 is 25.8. The van der Waals surface area contributed by atoms with Crippen LogP contribution in [-0.2, 0) is 0 Å². The van der Waals surface area contributed by atoms with E-state index in [0.717, 1.165) is 0 Å². The quantitative estimate of drug-likeness (QED) is 0.858. The van der Waals surface area contributed by atoms with Crippen LogP contribution in [-0.4, -0.2) is 39.2 Å². The highest BCUT2D eigenvalue weighted by Crippen LogP contribution is 2.26. The van der Waals surface area contributed by atoms with E-state index in [9.17, 15) is 13.9 Å². The van der Waals surface area contributed by atoms with Crippen molar-refractivity contribution in [3.05, 3.63) is 30.1 Å². The van der Waals surface area contributed by atoms with Crippen LogP contribution in [0.3, 0.4) is 0 Å². The number of nitrogens with one attached hydrogen (secondary N) is 1. The first-order chi connectivity index (χ1) is 10.1. The molecule has 1 heterocycles. The largest absolute Gasteiger partial charge is 0.395 e. The lowest BCUT2D eigenvalue weighted by atomic mass is 10.2. The molecule has 7 heteroatoms. The van der Waals surface area contributed by atoms with Gasteiger partial charge in [-0.05, 0) is 25.3 Å². The SMILES string of the molecule is CS[C@H](CO)[C@@H](C)Nc1nc(C(F)F)nc2ccccc12. The van der Waals surface area contributed by atoms with Gasteiger partial charge in [-0.1, -0.05) is 12.1 Å². The average Bonchev–Trinajstić information content (AvgIpc) is 2.48. The van der Waals surface area contributed by atoms with E-state index in [1.54, 1.807) is 18.2 Å². The summed E-state index contributed by atoms with van der Waals surface area (Å²) in [6.45, 7) is 1.89. The van der Waals surface area contributed by atoms with Gasteiger partial charge in [-0.2, -0.15) is 11.8 Å². The first-order valence-electron chi connectivity index (χ1n) is 6.51.